The van der Waals surface area contributed by atoms with Gasteiger partial charge in [-0.25, -0.2) is 4.98 Å². The molecular weight excluding hydrogens is 402 g/mol. The fourth-order valence-electron chi connectivity index (χ4n) is 3.77. The van der Waals surface area contributed by atoms with Crippen molar-refractivity contribution in [2.45, 2.75) is 28.6 Å². The lowest BCUT2D eigenvalue weighted by Crippen LogP contribution is -2.18. The van der Waals surface area contributed by atoms with Gasteiger partial charge < -0.3 is 4.98 Å². The Hall–Kier alpha value is -0.820. The number of benzene rings is 1. The number of thiophene rings is 1. The molecule has 2 unspecified atom stereocenters. The first-order valence-electron chi connectivity index (χ1n) is 8.29. The maximum atomic E-state index is 4.84. The molecule has 6 heteroatoms. The highest BCUT2D eigenvalue weighted by Gasteiger charge is 2.27. The number of nitrogens with zero attached hydrogens (tertiary/aromatic N) is 2. The molecule has 1 aromatic carbocycles. The lowest BCUT2D eigenvalue weighted by atomic mass is 10.1. The minimum atomic E-state index is 0.441. The van der Waals surface area contributed by atoms with Gasteiger partial charge in [0.25, 0.3) is 0 Å². The lowest BCUT2D eigenvalue weighted by Gasteiger charge is -2.16. The molecule has 0 aliphatic carbocycles. The zero-order chi connectivity index (χ0) is 16.3. The van der Waals surface area contributed by atoms with E-state index in [-0.39, 0.29) is 0 Å². The second-order valence-corrected chi connectivity index (χ2v) is 9.66. The predicted molar refractivity (Wildman–Crippen MR) is 106 cm³/mol. The van der Waals surface area contributed by atoms with Gasteiger partial charge in [-0.15, -0.1) is 23.1 Å². The molecule has 2 aliphatic rings. The maximum Gasteiger partial charge on any atom is 0.124 e. The summed E-state index contributed by atoms with van der Waals surface area (Å²) in [6.07, 6.45) is 2.46. The van der Waals surface area contributed by atoms with Crippen molar-refractivity contribution in [2.75, 3.05) is 19.3 Å². The molecule has 2 aromatic heterocycles. The third kappa shape index (κ3) is 2.38. The van der Waals surface area contributed by atoms with Gasteiger partial charge in [0.05, 0.1) is 21.9 Å². The first kappa shape index (κ1) is 15.4. The lowest BCUT2D eigenvalue weighted by molar-refractivity contribution is 0.307. The molecule has 24 heavy (non-hydrogen) atoms. The second kappa shape index (κ2) is 5.87. The Bertz CT molecular complexity index is 916. The fourth-order valence-corrected chi connectivity index (χ4v) is 7.41. The first-order chi connectivity index (χ1) is 11.7. The molecule has 0 spiro atoms. The van der Waals surface area contributed by atoms with Crippen molar-refractivity contribution in [2.24, 2.45) is 0 Å². The molecule has 0 amide bonds. The van der Waals surface area contributed by atoms with E-state index >= 15 is 0 Å². The summed E-state index contributed by atoms with van der Waals surface area (Å²) in [6, 6.07) is 7.09. The Kier molecular flexibility index (Phi) is 3.77. The molecule has 5 rings (SSSR count). The van der Waals surface area contributed by atoms with E-state index in [9.17, 15) is 0 Å². The molecular formula is C18H18BrN3S2. The summed E-state index contributed by atoms with van der Waals surface area (Å²) in [7, 11) is 2.19. The molecule has 1 saturated heterocycles. The van der Waals surface area contributed by atoms with Crippen LogP contribution in [-0.4, -0.2) is 34.2 Å². The summed E-state index contributed by atoms with van der Waals surface area (Å²) in [5.41, 5.74) is 4.90. The molecule has 1 fully saturated rings. The summed E-state index contributed by atoms with van der Waals surface area (Å²) >= 11 is 7.62. The molecule has 1 N–H and O–H groups in total. The van der Waals surface area contributed by atoms with E-state index in [0.29, 0.717) is 10.9 Å². The highest BCUT2D eigenvalue weighted by molar-refractivity contribution is 9.09. The van der Waals surface area contributed by atoms with Gasteiger partial charge in [-0.1, -0.05) is 22.0 Å². The Morgan fingerprint density at radius 1 is 1.38 bits per heavy atom. The Morgan fingerprint density at radius 2 is 2.29 bits per heavy atom. The van der Waals surface area contributed by atoms with E-state index in [1.165, 1.54) is 40.3 Å². The zero-order valence-corrected chi connectivity index (χ0v) is 16.6. The van der Waals surface area contributed by atoms with Gasteiger partial charge in [0.2, 0.25) is 0 Å². The third-order valence-electron chi connectivity index (χ3n) is 5.08. The number of aromatic amines is 1. The number of likely N-dealkylation sites (tertiary alicyclic amines) is 1. The van der Waals surface area contributed by atoms with Crippen LogP contribution in [0, 0.1) is 0 Å². The number of thioether (sulfide) groups is 1. The van der Waals surface area contributed by atoms with Crippen molar-refractivity contribution in [1.82, 2.24) is 14.9 Å². The fraction of sp³-hybridized carbons (Fsp3) is 0.389. The minimum Gasteiger partial charge on any atom is -0.341 e. The topological polar surface area (TPSA) is 31.9 Å². The van der Waals surface area contributed by atoms with Gasteiger partial charge in [-0.05, 0) is 44.1 Å². The van der Waals surface area contributed by atoms with Crippen LogP contribution in [0.2, 0.25) is 0 Å². The summed E-state index contributed by atoms with van der Waals surface area (Å²) in [4.78, 5) is 14.3. The van der Waals surface area contributed by atoms with Crippen LogP contribution in [0.25, 0.3) is 22.2 Å². The van der Waals surface area contributed by atoms with Gasteiger partial charge in [-0.3, -0.25) is 4.90 Å². The van der Waals surface area contributed by atoms with Crippen molar-refractivity contribution in [1.29, 1.82) is 0 Å². The standard InChI is InChI=1S/C18H18BrN3S2/c1-22-6-2-3-15(22)18-20-13-5-4-10(7-14(13)21-18)11-8-23-17-12(19)9-24-16(11)17/h4-5,7-8,12,15H,2-3,6,9H2,1H3,(H,20,21). The number of alkyl halides is 1. The van der Waals surface area contributed by atoms with Crippen molar-refractivity contribution in [3.8, 4) is 11.1 Å². The number of aromatic nitrogens is 2. The zero-order valence-electron chi connectivity index (χ0n) is 13.4. The van der Waals surface area contributed by atoms with Gasteiger partial charge in [0.1, 0.15) is 5.82 Å². The monoisotopic (exact) mass is 419 g/mol. The van der Waals surface area contributed by atoms with E-state index in [4.69, 9.17) is 4.98 Å². The van der Waals surface area contributed by atoms with Crippen molar-refractivity contribution in [3.63, 3.8) is 0 Å². The van der Waals surface area contributed by atoms with Crippen LogP contribution in [0.5, 0.6) is 0 Å². The smallest absolute Gasteiger partial charge is 0.124 e. The van der Waals surface area contributed by atoms with Gasteiger partial charge in [-0.2, -0.15) is 0 Å². The number of hydrogen-bond acceptors (Lipinski definition) is 4. The third-order valence-corrected chi connectivity index (χ3v) is 9.04. The molecule has 4 heterocycles. The van der Waals surface area contributed by atoms with Crippen LogP contribution < -0.4 is 0 Å². The average molecular weight is 420 g/mol. The summed E-state index contributed by atoms with van der Waals surface area (Å²) in [5.74, 6) is 2.26. The molecule has 0 radical (unpaired) electrons. The molecule has 124 valence electrons. The Morgan fingerprint density at radius 3 is 3.12 bits per heavy atom. The van der Waals surface area contributed by atoms with Crippen LogP contribution in [0.4, 0.5) is 0 Å². The highest BCUT2D eigenvalue weighted by atomic mass is 79.9. The average Bonchev–Trinajstić information content (AvgIpc) is 3.31. The minimum absolute atomic E-state index is 0.441. The molecule has 2 aliphatic heterocycles. The van der Waals surface area contributed by atoms with E-state index in [1.54, 1.807) is 0 Å². The molecule has 0 saturated carbocycles. The van der Waals surface area contributed by atoms with E-state index < -0.39 is 0 Å². The van der Waals surface area contributed by atoms with Crippen LogP contribution >= 0.6 is 39.0 Å². The molecule has 2 atom stereocenters. The van der Waals surface area contributed by atoms with Crippen molar-refractivity contribution >= 4 is 50.1 Å². The quantitative estimate of drug-likeness (QED) is 0.548. The number of hydrogen-bond donors (Lipinski definition) is 1. The molecule has 0 bridgehead atoms. The van der Waals surface area contributed by atoms with Crippen molar-refractivity contribution in [3.05, 3.63) is 34.3 Å². The van der Waals surface area contributed by atoms with E-state index in [0.717, 1.165) is 22.6 Å². The largest absolute Gasteiger partial charge is 0.341 e. The maximum absolute atomic E-state index is 4.84. The number of H-pyrrole nitrogens is 1. The first-order valence-corrected chi connectivity index (χ1v) is 11.1. The van der Waals surface area contributed by atoms with Crippen molar-refractivity contribution < 1.29 is 0 Å². The normalized spacial score (nSPS) is 24.1. The number of rotatable bonds is 2. The number of fused-ring (bicyclic) bond motifs is 2. The van der Waals surface area contributed by atoms with Gasteiger partial charge >= 0.3 is 0 Å². The van der Waals surface area contributed by atoms with E-state index in [1.807, 2.05) is 23.1 Å². The SMILES string of the molecule is CN1CCCC1c1nc2ccc(-c3csc4c3SCC4Br)cc2[nH]1. The Balaban J connectivity index is 1.55. The predicted octanol–water partition coefficient (Wildman–Crippen LogP) is 5.60. The Labute approximate surface area is 158 Å². The summed E-state index contributed by atoms with van der Waals surface area (Å²) < 4.78 is 0. The number of halogens is 1. The number of nitrogens with one attached hydrogen (secondary N) is 1. The van der Waals surface area contributed by atoms with E-state index in [2.05, 4.69) is 56.4 Å². The van der Waals surface area contributed by atoms with Gasteiger partial charge in [0.15, 0.2) is 0 Å². The van der Waals surface area contributed by atoms with Crippen LogP contribution in [-0.2, 0) is 0 Å². The number of imidazole rings is 1. The van der Waals surface area contributed by atoms with Crippen LogP contribution in [0.1, 0.15) is 34.4 Å². The molecule has 3 nitrogen and oxygen atoms in total. The molecule has 3 aromatic rings. The van der Waals surface area contributed by atoms with Crippen LogP contribution in [0.15, 0.2) is 28.5 Å². The summed E-state index contributed by atoms with van der Waals surface area (Å²) in [6.45, 7) is 1.17. The second-order valence-electron chi connectivity index (χ2n) is 6.61. The van der Waals surface area contributed by atoms with Gasteiger partial charge in [0, 0.05) is 26.5 Å². The summed E-state index contributed by atoms with van der Waals surface area (Å²) in [5, 5.41) is 2.30. The van der Waals surface area contributed by atoms with Crippen LogP contribution in [0.3, 0.4) is 0 Å². The highest BCUT2D eigenvalue weighted by Crippen LogP contribution is 2.51.